The van der Waals surface area contributed by atoms with Gasteiger partial charge >= 0.3 is 0 Å². The van der Waals surface area contributed by atoms with Crippen LogP contribution in [0.1, 0.15) is 45.6 Å². The molecule has 1 unspecified atom stereocenters. The number of aryl methyl sites for hydroxylation is 1. The van der Waals surface area contributed by atoms with Gasteiger partial charge in [-0.1, -0.05) is 19.9 Å². The maximum absolute atomic E-state index is 12.6. The van der Waals surface area contributed by atoms with Crippen LogP contribution in [0.5, 0.6) is 0 Å². The molecule has 0 radical (unpaired) electrons. The summed E-state index contributed by atoms with van der Waals surface area (Å²) in [7, 11) is 0. The number of fused-ring (bicyclic) bond motifs is 1. The fourth-order valence-corrected chi connectivity index (χ4v) is 3.24. The maximum atomic E-state index is 12.6. The van der Waals surface area contributed by atoms with Gasteiger partial charge in [0.25, 0.3) is 0 Å². The number of hydrogen-bond donors (Lipinski definition) is 3. The predicted octanol–water partition coefficient (Wildman–Crippen LogP) is 1.33. The molecule has 4 N–H and O–H groups in total. The van der Waals surface area contributed by atoms with Crippen LogP contribution >= 0.6 is 0 Å². The Labute approximate surface area is 164 Å². The Morgan fingerprint density at radius 3 is 2.50 bits per heavy atom. The third-order valence-electron chi connectivity index (χ3n) is 4.50. The quantitative estimate of drug-likeness (QED) is 0.652. The molecule has 4 amide bonds. The van der Waals surface area contributed by atoms with E-state index in [4.69, 9.17) is 5.73 Å². The van der Waals surface area contributed by atoms with Crippen molar-refractivity contribution in [3.05, 3.63) is 23.8 Å². The molecular weight excluding hydrogens is 360 g/mol. The van der Waals surface area contributed by atoms with Gasteiger partial charge in [0, 0.05) is 31.3 Å². The lowest BCUT2D eigenvalue weighted by Crippen LogP contribution is -2.46. The zero-order valence-electron chi connectivity index (χ0n) is 16.6. The number of primary amides is 1. The van der Waals surface area contributed by atoms with Crippen LogP contribution in [0.4, 0.5) is 11.4 Å². The molecule has 1 heterocycles. The van der Waals surface area contributed by atoms with Crippen LogP contribution in [0, 0.1) is 5.92 Å². The molecule has 1 aromatic rings. The van der Waals surface area contributed by atoms with E-state index in [1.165, 1.54) is 6.92 Å². The highest BCUT2D eigenvalue weighted by molar-refractivity contribution is 6.00. The van der Waals surface area contributed by atoms with Gasteiger partial charge in [-0.2, -0.15) is 0 Å². The molecular formula is C20H28N4O4. The normalized spacial score (nSPS) is 14.2. The second-order valence-corrected chi connectivity index (χ2v) is 7.50. The minimum Gasteiger partial charge on any atom is -0.370 e. The first-order valence-electron chi connectivity index (χ1n) is 9.47. The molecule has 8 nitrogen and oxygen atoms in total. The number of benzene rings is 1. The molecule has 2 rings (SSSR count). The van der Waals surface area contributed by atoms with Crippen molar-refractivity contribution in [2.45, 2.75) is 52.5 Å². The van der Waals surface area contributed by atoms with Crippen LogP contribution in [0.25, 0.3) is 0 Å². The van der Waals surface area contributed by atoms with Gasteiger partial charge in [0.05, 0.1) is 6.42 Å². The monoisotopic (exact) mass is 388 g/mol. The third-order valence-corrected chi connectivity index (χ3v) is 4.50. The highest BCUT2D eigenvalue weighted by Crippen LogP contribution is 2.30. The van der Waals surface area contributed by atoms with Crippen molar-refractivity contribution in [1.82, 2.24) is 5.32 Å². The van der Waals surface area contributed by atoms with Crippen LogP contribution in [0.3, 0.4) is 0 Å². The van der Waals surface area contributed by atoms with E-state index in [2.05, 4.69) is 10.6 Å². The molecule has 0 aliphatic carbocycles. The Bertz CT molecular complexity index is 775. The lowest BCUT2D eigenvalue weighted by atomic mass is 10.0. The van der Waals surface area contributed by atoms with E-state index in [9.17, 15) is 19.2 Å². The highest BCUT2D eigenvalue weighted by Gasteiger charge is 2.25. The number of amides is 4. The maximum Gasteiger partial charge on any atom is 0.247 e. The van der Waals surface area contributed by atoms with Crippen molar-refractivity contribution in [2.24, 2.45) is 11.7 Å². The highest BCUT2D eigenvalue weighted by atomic mass is 16.2. The van der Waals surface area contributed by atoms with Gasteiger partial charge in [-0.25, -0.2) is 0 Å². The molecule has 1 atom stereocenters. The predicted molar refractivity (Wildman–Crippen MR) is 107 cm³/mol. The molecule has 0 aromatic heterocycles. The Kier molecular flexibility index (Phi) is 7.14. The zero-order chi connectivity index (χ0) is 20.8. The second-order valence-electron chi connectivity index (χ2n) is 7.50. The fraction of sp³-hybridized carbons (Fsp3) is 0.500. The van der Waals surface area contributed by atoms with Crippen LogP contribution in [0.15, 0.2) is 18.2 Å². The molecule has 1 aliphatic heterocycles. The van der Waals surface area contributed by atoms with Gasteiger partial charge in [-0.3, -0.25) is 19.2 Å². The van der Waals surface area contributed by atoms with Crippen molar-refractivity contribution >= 4 is 35.0 Å². The van der Waals surface area contributed by atoms with Crippen molar-refractivity contribution in [2.75, 3.05) is 16.8 Å². The lowest BCUT2D eigenvalue weighted by Gasteiger charge is -2.29. The van der Waals surface area contributed by atoms with Crippen molar-refractivity contribution in [3.63, 3.8) is 0 Å². The second kappa shape index (κ2) is 9.34. The van der Waals surface area contributed by atoms with Crippen LogP contribution in [0.2, 0.25) is 0 Å². The summed E-state index contributed by atoms with van der Waals surface area (Å²) >= 11 is 0. The molecule has 28 heavy (non-hydrogen) atoms. The molecule has 152 valence electrons. The standard InChI is InChI=1S/C20H28N4O4/c1-12(2)9-19(27)23-16(11-18(21)26)20(28)22-15-7-6-14-5-4-8-24(13(3)25)17(14)10-15/h6-7,10,12,16H,4-5,8-9,11H2,1-3H3,(H2,21,26)(H,22,28)(H,23,27). The summed E-state index contributed by atoms with van der Waals surface area (Å²) in [6.45, 7) is 5.91. The van der Waals surface area contributed by atoms with Crippen molar-refractivity contribution in [1.29, 1.82) is 0 Å². The van der Waals surface area contributed by atoms with E-state index < -0.39 is 17.9 Å². The lowest BCUT2D eigenvalue weighted by molar-refractivity contribution is -0.129. The van der Waals surface area contributed by atoms with Crippen LogP contribution in [-0.2, 0) is 25.6 Å². The minimum absolute atomic E-state index is 0.0584. The third kappa shape index (κ3) is 5.80. The summed E-state index contributed by atoms with van der Waals surface area (Å²) < 4.78 is 0. The number of carbonyl (C=O) groups is 4. The van der Waals surface area contributed by atoms with E-state index in [1.54, 1.807) is 17.0 Å². The molecule has 0 saturated heterocycles. The number of anilines is 2. The smallest absolute Gasteiger partial charge is 0.247 e. The summed E-state index contributed by atoms with van der Waals surface area (Å²) in [6, 6.07) is 4.31. The van der Waals surface area contributed by atoms with E-state index in [0.29, 0.717) is 12.2 Å². The van der Waals surface area contributed by atoms with E-state index in [-0.39, 0.29) is 30.6 Å². The molecule has 8 heteroatoms. The summed E-state index contributed by atoms with van der Waals surface area (Å²) in [4.78, 5) is 49.5. The van der Waals surface area contributed by atoms with Gasteiger partial charge in [0.15, 0.2) is 0 Å². The molecule has 0 bridgehead atoms. The van der Waals surface area contributed by atoms with E-state index >= 15 is 0 Å². The molecule has 0 saturated carbocycles. The largest absolute Gasteiger partial charge is 0.370 e. The Balaban J connectivity index is 2.16. The first-order chi connectivity index (χ1) is 13.2. The molecule has 0 spiro atoms. The number of nitrogens with two attached hydrogens (primary N) is 1. The minimum atomic E-state index is -1.05. The Morgan fingerprint density at radius 1 is 1.18 bits per heavy atom. The van der Waals surface area contributed by atoms with Crippen molar-refractivity contribution in [3.8, 4) is 0 Å². The number of rotatable bonds is 7. The van der Waals surface area contributed by atoms with Gasteiger partial charge in [0.2, 0.25) is 23.6 Å². The first kappa shape index (κ1) is 21.4. The van der Waals surface area contributed by atoms with Crippen molar-refractivity contribution < 1.29 is 19.2 Å². The molecule has 0 fully saturated rings. The number of nitrogens with zero attached hydrogens (tertiary/aromatic N) is 1. The van der Waals surface area contributed by atoms with Crippen LogP contribution in [-0.4, -0.2) is 36.2 Å². The van der Waals surface area contributed by atoms with E-state index in [0.717, 1.165) is 24.1 Å². The summed E-state index contributed by atoms with van der Waals surface area (Å²) in [5, 5.41) is 5.29. The zero-order valence-corrected chi connectivity index (χ0v) is 16.6. The first-order valence-corrected chi connectivity index (χ1v) is 9.47. The summed E-state index contributed by atoms with van der Waals surface area (Å²) in [6.07, 6.45) is 1.71. The SMILES string of the molecule is CC(=O)N1CCCc2ccc(NC(=O)C(CC(N)=O)NC(=O)CC(C)C)cc21. The van der Waals surface area contributed by atoms with Crippen LogP contribution < -0.4 is 21.3 Å². The van der Waals surface area contributed by atoms with Gasteiger partial charge in [0.1, 0.15) is 6.04 Å². The number of hydrogen-bond acceptors (Lipinski definition) is 4. The summed E-state index contributed by atoms with van der Waals surface area (Å²) in [5.74, 6) is -1.46. The number of nitrogens with one attached hydrogen (secondary N) is 2. The topological polar surface area (TPSA) is 122 Å². The molecule has 1 aliphatic rings. The van der Waals surface area contributed by atoms with Gasteiger partial charge in [-0.15, -0.1) is 0 Å². The average molecular weight is 388 g/mol. The Hall–Kier alpha value is -2.90. The van der Waals surface area contributed by atoms with E-state index in [1.807, 2.05) is 19.9 Å². The molecule has 1 aromatic carbocycles. The summed E-state index contributed by atoms with van der Waals surface area (Å²) in [5.41, 5.74) is 7.53. The Morgan fingerprint density at radius 2 is 1.89 bits per heavy atom. The van der Waals surface area contributed by atoms with Gasteiger partial charge in [-0.05, 0) is 36.5 Å². The average Bonchev–Trinajstić information content (AvgIpc) is 2.59. The number of carbonyl (C=O) groups excluding carboxylic acids is 4. The fourth-order valence-electron chi connectivity index (χ4n) is 3.24. The van der Waals surface area contributed by atoms with Gasteiger partial charge < -0.3 is 21.3 Å².